The summed E-state index contributed by atoms with van der Waals surface area (Å²) in [4.78, 5) is 10.7. The van der Waals surface area contributed by atoms with E-state index in [9.17, 15) is 18.0 Å². The third kappa shape index (κ3) is 4.27. The highest BCUT2D eigenvalue weighted by molar-refractivity contribution is 5.87. The number of nitrogens with two attached hydrogens (primary N) is 1. The molecule has 0 spiro atoms. The number of halogens is 3. The molecule has 1 fully saturated rings. The van der Waals surface area contributed by atoms with Crippen LogP contribution in [0, 0.1) is 5.92 Å². The van der Waals surface area contributed by atoms with Crippen LogP contribution in [0.5, 0.6) is 0 Å². The molecule has 1 aliphatic carbocycles. The summed E-state index contributed by atoms with van der Waals surface area (Å²) >= 11 is 0. The maximum Gasteiger partial charge on any atom is 0.393 e. The van der Waals surface area contributed by atoms with E-state index in [1.165, 1.54) is 0 Å². The summed E-state index contributed by atoms with van der Waals surface area (Å²) in [5.74, 6) is -1.31. The third-order valence-electron chi connectivity index (χ3n) is 3.69. The predicted octanol–water partition coefficient (Wildman–Crippen LogP) is 3.71. The highest BCUT2D eigenvalue weighted by Crippen LogP contribution is 2.39. The molecule has 0 saturated heterocycles. The Labute approximate surface area is 120 Å². The maximum absolute atomic E-state index is 13.0. The summed E-state index contributed by atoms with van der Waals surface area (Å²) in [5, 5.41) is 5.35. The van der Waals surface area contributed by atoms with Gasteiger partial charge < -0.3 is 16.4 Å². The van der Waals surface area contributed by atoms with Crippen LogP contribution < -0.4 is 16.4 Å². The Morgan fingerprint density at radius 3 is 2.24 bits per heavy atom. The third-order valence-corrected chi connectivity index (χ3v) is 3.69. The maximum atomic E-state index is 13.0. The van der Waals surface area contributed by atoms with Gasteiger partial charge in [-0.25, -0.2) is 4.79 Å². The molecule has 0 radical (unpaired) electrons. The van der Waals surface area contributed by atoms with E-state index in [2.05, 4.69) is 10.6 Å². The molecule has 2 amide bonds. The van der Waals surface area contributed by atoms with Gasteiger partial charge in [-0.1, -0.05) is 12.8 Å². The molecule has 21 heavy (non-hydrogen) atoms. The normalized spacial score (nSPS) is 22.6. The van der Waals surface area contributed by atoms with Gasteiger partial charge in [0.25, 0.3) is 0 Å². The molecule has 116 valence electrons. The number of carbonyl (C=O) groups excluding carboxylic acids is 1. The number of primary amides is 1. The van der Waals surface area contributed by atoms with Gasteiger partial charge in [0.2, 0.25) is 0 Å². The van der Waals surface area contributed by atoms with Crippen molar-refractivity contribution in [1.29, 1.82) is 0 Å². The lowest BCUT2D eigenvalue weighted by molar-refractivity contribution is -0.184. The minimum atomic E-state index is -4.18. The van der Waals surface area contributed by atoms with Crippen LogP contribution in [0.15, 0.2) is 24.3 Å². The van der Waals surface area contributed by atoms with Gasteiger partial charge in [-0.2, -0.15) is 13.2 Å². The van der Waals surface area contributed by atoms with E-state index in [4.69, 9.17) is 5.73 Å². The van der Waals surface area contributed by atoms with E-state index in [1.54, 1.807) is 24.3 Å². The van der Waals surface area contributed by atoms with Crippen LogP contribution in [0.2, 0.25) is 0 Å². The average molecular weight is 301 g/mol. The molecule has 0 bridgehead atoms. The standard InChI is InChI=1S/C14H18F3N3O/c15-14(16,17)11-3-1-2-4-12(11)19-9-5-7-10(8-6-9)20-13(18)21/h5-8,11-12,19H,1-4H2,(H3,18,20,21). The van der Waals surface area contributed by atoms with Gasteiger partial charge >= 0.3 is 12.2 Å². The molecule has 1 saturated carbocycles. The zero-order valence-corrected chi connectivity index (χ0v) is 11.4. The minimum Gasteiger partial charge on any atom is -0.382 e. The minimum absolute atomic E-state index is 0.169. The molecule has 7 heteroatoms. The Kier molecular flexibility index (Phi) is 4.59. The van der Waals surface area contributed by atoms with Gasteiger partial charge in [0.05, 0.1) is 5.92 Å². The summed E-state index contributed by atoms with van der Waals surface area (Å²) in [6, 6.07) is 5.17. The van der Waals surface area contributed by atoms with Crippen LogP contribution in [0.4, 0.5) is 29.3 Å². The lowest BCUT2D eigenvalue weighted by Crippen LogP contribution is -2.41. The Hall–Kier alpha value is -1.92. The number of alkyl halides is 3. The monoisotopic (exact) mass is 301 g/mol. The first-order valence-corrected chi connectivity index (χ1v) is 6.86. The number of nitrogens with one attached hydrogen (secondary N) is 2. The van der Waals surface area contributed by atoms with Gasteiger partial charge in [-0.3, -0.25) is 0 Å². The van der Waals surface area contributed by atoms with Crippen molar-refractivity contribution in [2.45, 2.75) is 37.9 Å². The van der Waals surface area contributed by atoms with E-state index < -0.39 is 24.2 Å². The second kappa shape index (κ2) is 6.24. The van der Waals surface area contributed by atoms with Crippen LogP contribution in [0.25, 0.3) is 0 Å². The fraction of sp³-hybridized carbons (Fsp3) is 0.500. The van der Waals surface area contributed by atoms with Crippen molar-refractivity contribution in [2.75, 3.05) is 10.6 Å². The van der Waals surface area contributed by atoms with Crippen molar-refractivity contribution in [3.05, 3.63) is 24.3 Å². The number of benzene rings is 1. The molecular weight excluding hydrogens is 283 g/mol. The van der Waals surface area contributed by atoms with Gasteiger partial charge in [0, 0.05) is 17.4 Å². The lowest BCUT2D eigenvalue weighted by atomic mass is 9.84. The zero-order chi connectivity index (χ0) is 15.5. The summed E-state index contributed by atoms with van der Waals surface area (Å²) in [7, 11) is 0. The smallest absolute Gasteiger partial charge is 0.382 e. The lowest BCUT2D eigenvalue weighted by Gasteiger charge is -2.34. The summed E-state index contributed by atoms with van der Waals surface area (Å²) < 4.78 is 39.0. The van der Waals surface area contributed by atoms with Crippen molar-refractivity contribution in [1.82, 2.24) is 0 Å². The van der Waals surface area contributed by atoms with Gasteiger partial charge in [-0.15, -0.1) is 0 Å². The first kappa shape index (κ1) is 15.5. The zero-order valence-electron chi connectivity index (χ0n) is 11.4. The quantitative estimate of drug-likeness (QED) is 0.796. The van der Waals surface area contributed by atoms with Crippen LogP contribution in [0.3, 0.4) is 0 Å². The molecule has 1 aliphatic rings. The first-order chi connectivity index (χ1) is 9.86. The number of hydrogen-bond donors (Lipinski definition) is 3. The Morgan fingerprint density at radius 1 is 1.10 bits per heavy atom. The Bertz CT molecular complexity index is 487. The molecule has 2 rings (SSSR count). The number of rotatable bonds is 3. The number of anilines is 2. The van der Waals surface area contributed by atoms with E-state index >= 15 is 0 Å². The van der Waals surface area contributed by atoms with Crippen molar-refractivity contribution >= 4 is 17.4 Å². The fourth-order valence-electron chi connectivity index (χ4n) is 2.70. The number of carbonyl (C=O) groups is 1. The molecule has 1 aromatic carbocycles. The second-order valence-electron chi connectivity index (χ2n) is 5.25. The largest absolute Gasteiger partial charge is 0.393 e. The van der Waals surface area contributed by atoms with Crippen LogP contribution in [-0.4, -0.2) is 18.2 Å². The highest BCUT2D eigenvalue weighted by Gasteiger charge is 2.45. The molecule has 2 unspecified atom stereocenters. The second-order valence-corrected chi connectivity index (χ2v) is 5.25. The molecular formula is C14H18F3N3O. The van der Waals surface area contributed by atoms with Gasteiger partial charge in [-0.05, 0) is 37.1 Å². The SMILES string of the molecule is NC(=O)Nc1ccc(NC2CCCCC2C(F)(F)F)cc1. The molecule has 0 aliphatic heterocycles. The summed E-state index contributed by atoms with van der Waals surface area (Å²) in [6.07, 6.45) is -2.09. The molecule has 4 nitrogen and oxygen atoms in total. The van der Waals surface area contributed by atoms with Crippen molar-refractivity contribution in [3.63, 3.8) is 0 Å². The van der Waals surface area contributed by atoms with Crippen molar-refractivity contribution < 1.29 is 18.0 Å². The van der Waals surface area contributed by atoms with E-state index in [1.807, 2.05) is 0 Å². The van der Waals surface area contributed by atoms with Crippen LogP contribution in [-0.2, 0) is 0 Å². The van der Waals surface area contributed by atoms with Crippen LogP contribution >= 0.6 is 0 Å². The summed E-state index contributed by atoms with van der Waals surface area (Å²) in [6.45, 7) is 0. The van der Waals surface area contributed by atoms with Crippen molar-refractivity contribution in [3.8, 4) is 0 Å². The van der Waals surface area contributed by atoms with E-state index in [0.717, 1.165) is 6.42 Å². The topological polar surface area (TPSA) is 67.2 Å². The fourth-order valence-corrected chi connectivity index (χ4v) is 2.70. The number of hydrogen-bond acceptors (Lipinski definition) is 2. The Morgan fingerprint density at radius 2 is 1.67 bits per heavy atom. The molecule has 1 aromatic rings. The Balaban J connectivity index is 2.03. The number of urea groups is 1. The van der Waals surface area contributed by atoms with Gasteiger partial charge in [0.15, 0.2) is 0 Å². The molecule has 2 atom stereocenters. The summed E-state index contributed by atoms with van der Waals surface area (Å²) in [5.41, 5.74) is 6.09. The van der Waals surface area contributed by atoms with Crippen molar-refractivity contribution in [2.24, 2.45) is 11.7 Å². The molecule has 0 heterocycles. The average Bonchev–Trinajstić information content (AvgIpc) is 2.40. The van der Waals surface area contributed by atoms with E-state index in [-0.39, 0.29) is 6.42 Å². The van der Waals surface area contributed by atoms with E-state index in [0.29, 0.717) is 24.2 Å². The number of amides is 2. The first-order valence-electron chi connectivity index (χ1n) is 6.86. The highest BCUT2D eigenvalue weighted by atomic mass is 19.4. The molecule has 0 aromatic heterocycles. The van der Waals surface area contributed by atoms with Crippen LogP contribution in [0.1, 0.15) is 25.7 Å². The molecule has 4 N–H and O–H groups in total. The predicted molar refractivity (Wildman–Crippen MR) is 75.1 cm³/mol. The van der Waals surface area contributed by atoms with Gasteiger partial charge in [0.1, 0.15) is 0 Å².